The van der Waals surface area contributed by atoms with Gasteiger partial charge in [-0.25, -0.2) is 4.98 Å². The second-order valence-corrected chi connectivity index (χ2v) is 14.9. The highest BCUT2D eigenvalue weighted by atomic mass is 16.3. The van der Waals surface area contributed by atoms with Crippen molar-refractivity contribution >= 4 is 54.5 Å². The summed E-state index contributed by atoms with van der Waals surface area (Å²) in [5.74, 6) is 0.805. The number of para-hydroxylation sites is 1. The van der Waals surface area contributed by atoms with E-state index in [1.54, 1.807) is 0 Å². The first-order valence-electron chi connectivity index (χ1n) is 18.8. The van der Waals surface area contributed by atoms with E-state index in [-0.39, 0.29) is 0 Å². The number of hydrogen-bond acceptors (Lipinski definition) is 3. The van der Waals surface area contributed by atoms with Crippen LogP contribution in [0.15, 0.2) is 180 Å². The predicted molar refractivity (Wildman–Crippen MR) is 223 cm³/mol. The van der Waals surface area contributed by atoms with E-state index in [4.69, 9.17) is 14.4 Å². The summed E-state index contributed by atoms with van der Waals surface area (Å²) in [4.78, 5) is 11.1. The van der Waals surface area contributed by atoms with E-state index in [0.717, 1.165) is 66.9 Å². The molecule has 0 saturated heterocycles. The van der Waals surface area contributed by atoms with Crippen LogP contribution in [0.3, 0.4) is 0 Å². The molecule has 0 aliphatic heterocycles. The molecule has 13 rings (SSSR count). The van der Waals surface area contributed by atoms with Gasteiger partial charge in [-0.1, -0.05) is 133 Å². The smallest absolute Gasteiger partial charge is 0.156 e. The summed E-state index contributed by atoms with van der Waals surface area (Å²) in [7, 11) is 0. The lowest BCUT2D eigenvalue weighted by molar-refractivity contribution is 0.669. The standard InChI is InChI=1S/C51H29N3O/c1-2-12-33-30(11-1)21-25-44-48(33)39-28-31(32-23-26-46-38(27-32)36-15-6-10-20-45(36)55-46)22-24-43(39)54(44)47-29-52-50-49(53-47)37-16-5-9-19-42(37)51(50)40-17-7-3-13-34(40)35-14-4-8-18-41(35)51/h1-29H. The van der Waals surface area contributed by atoms with Crippen molar-refractivity contribution in [3.8, 4) is 39.3 Å². The van der Waals surface area contributed by atoms with Crippen molar-refractivity contribution in [3.05, 3.63) is 198 Å². The van der Waals surface area contributed by atoms with Crippen LogP contribution in [-0.2, 0) is 5.41 Å². The molecule has 254 valence electrons. The van der Waals surface area contributed by atoms with Gasteiger partial charge in [-0.05, 0) is 86.1 Å². The van der Waals surface area contributed by atoms with Crippen LogP contribution in [-0.4, -0.2) is 14.5 Å². The van der Waals surface area contributed by atoms with Crippen LogP contribution in [0.5, 0.6) is 0 Å². The summed E-state index contributed by atoms with van der Waals surface area (Å²) in [5, 5.41) is 7.07. The Kier molecular flexibility index (Phi) is 5.54. The Morgan fingerprint density at radius 2 is 1.07 bits per heavy atom. The Labute approximate surface area is 315 Å². The molecule has 4 nitrogen and oxygen atoms in total. The third kappa shape index (κ3) is 3.66. The van der Waals surface area contributed by atoms with Gasteiger partial charge < -0.3 is 4.42 Å². The molecule has 2 aliphatic rings. The lowest BCUT2D eigenvalue weighted by atomic mass is 9.73. The fourth-order valence-corrected chi connectivity index (χ4v) is 10.00. The van der Waals surface area contributed by atoms with Gasteiger partial charge in [0.2, 0.25) is 0 Å². The first kappa shape index (κ1) is 29.2. The molecule has 0 bridgehead atoms. The normalized spacial score (nSPS) is 13.6. The molecular weight excluding hydrogens is 671 g/mol. The van der Waals surface area contributed by atoms with Gasteiger partial charge in [-0.15, -0.1) is 0 Å². The predicted octanol–water partition coefficient (Wildman–Crippen LogP) is 12.6. The second kappa shape index (κ2) is 10.4. The SMILES string of the molecule is c1ccc2c(c1)-c1ccccc1C21c2ccccc2-c2nc(-n3c4ccc(-c5ccc6oc7ccccc7c6c5)cc4c4c5ccccc5ccc43)cnc21. The van der Waals surface area contributed by atoms with Crippen molar-refractivity contribution in [2.24, 2.45) is 0 Å². The maximum Gasteiger partial charge on any atom is 0.156 e. The van der Waals surface area contributed by atoms with Crippen LogP contribution in [0.4, 0.5) is 0 Å². The number of furan rings is 1. The van der Waals surface area contributed by atoms with Gasteiger partial charge in [0.1, 0.15) is 11.2 Å². The van der Waals surface area contributed by atoms with Gasteiger partial charge in [0.05, 0.1) is 34.0 Å². The lowest BCUT2D eigenvalue weighted by Crippen LogP contribution is -2.27. The number of benzene rings is 8. The van der Waals surface area contributed by atoms with Crippen LogP contribution in [0.25, 0.3) is 93.8 Å². The molecule has 0 unspecified atom stereocenters. The van der Waals surface area contributed by atoms with E-state index in [1.165, 1.54) is 49.4 Å². The minimum atomic E-state index is -0.530. The molecule has 3 heterocycles. The number of rotatable bonds is 2. The van der Waals surface area contributed by atoms with Gasteiger partial charge >= 0.3 is 0 Å². The topological polar surface area (TPSA) is 43.9 Å². The molecule has 0 N–H and O–H groups in total. The zero-order chi connectivity index (χ0) is 35.8. The molecular formula is C51H29N3O. The number of nitrogens with zero attached hydrogens (tertiary/aromatic N) is 3. The maximum atomic E-state index is 6.17. The van der Waals surface area contributed by atoms with Gasteiger partial charge in [-0.3, -0.25) is 9.55 Å². The van der Waals surface area contributed by atoms with E-state index >= 15 is 0 Å². The van der Waals surface area contributed by atoms with Crippen molar-refractivity contribution in [2.45, 2.75) is 5.41 Å². The Hall–Kier alpha value is -7.30. The molecule has 2 aliphatic carbocycles. The molecule has 1 spiro atoms. The molecule has 8 aromatic carbocycles. The van der Waals surface area contributed by atoms with E-state index in [2.05, 4.69) is 162 Å². The zero-order valence-electron chi connectivity index (χ0n) is 29.5. The Balaban J connectivity index is 1.07. The highest BCUT2D eigenvalue weighted by molar-refractivity contribution is 6.22. The molecule has 11 aromatic rings. The molecule has 0 saturated carbocycles. The molecule has 4 heteroatoms. The Morgan fingerprint density at radius 1 is 0.473 bits per heavy atom. The molecule has 55 heavy (non-hydrogen) atoms. The minimum Gasteiger partial charge on any atom is -0.456 e. The monoisotopic (exact) mass is 699 g/mol. The Bertz CT molecular complexity index is 3410. The van der Waals surface area contributed by atoms with Crippen LogP contribution >= 0.6 is 0 Å². The van der Waals surface area contributed by atoms with Crippen LogP contribution in [0.1, 0.15) is 22.4 Å². The highest BCUT2D eigenvalue weighted by Gasteiger charge is 2.53. The number of aromatic nitrogens is 3. The average Bonchev–Trinajstić information content (AvgIpc) is 3.97. The Morgan fingerprint density at radius 3 is 1.87 bits per heavy atom. The molecule has 0 radical (unpaired) electrons. The van der Waals surface area contributed by atoms with Crippen LogP contribution in [0.2, 0.25) is 0 Å². The fourth-order valence-electron chi connectivity index (χ4n) is 10.00. The largest absolute Gasteiger partial charge is 0.456 e. The lowest BCUT2D eigenvalue weighted by Gasteiger charge is -2.28. The quantitative estimate of drug-likeness (QED) is 0.180. The summed E-state index contributed by atoms with van der Waals surface area (Å²) in [6, 6.07) is 61.2. The van der Waals surface area contributed by atoms with Crippen molar-refractivity contribution < 1.29 is 4.42 Å². The molecule has 0 atom stereocenters. The van der Waals surface area contributed by atoms with E-state index in [1.807, 2.05) is 18.3 Å². The first-order chi connectivity index (χ1) is 27.3. The van der Waals surface area contributed by atoms with Gasteiger partial charge in [0, 0.05) is 27.1 Å². The minimum absolute atomic E-state index is 0.530. The molecule has 0 fully saturated rings. The third-order valence-electron chi connectivity index (χ3n) is 12.2. The summed E-state index contributed by atoms with van der Waals surface area (Å²) in [6.07, 6.45) is 2.00. The van der Waals surface area contributed by atoms with E-state index < -0.39 is 5.41 Å². The first-order valence-corrected chi connectivity index (χ1v) is 18.8. The fraction of sp³-hybridized carbons (Fsp3) is 0.0196. The number of hydrogen-bond donors (Lipinski definition) is 0. The van der Waals surface area contributed by atoms with Crippen molar-refractivity contribution in [3.63, 3.8) is 0 Å². The summed E-state index contributed by atoms with van der Waals surface area (Å²) < 4.78 is 8.49. The van der Waals surface area contributed by atoms with Crippen molar-refractivity contribution in [1.29, 1.82) is 0 Å². The van der Waals surface area contributed by atoms with E-state index in [9.17, 15) is 0 Å². The second-order valence-electron chi connectivity index (χ2n) is 14.9. The molecule has 3 aromatic heterocycles. The van der Waals surface area contributed by atoms with Gasteiger partial charge in [-0.2, -0.15) is 0 Å². The number of fused-ring (bicyclic) bond motifs is 18. The summed E-state index contributed by atoms with van der Waals surface area (Å²) in [6.45, 7) is 0. The van der Waals surface area contributed by atoms with Crippen molar-refractivity contribution in [1.82, 2.24) is 14.5 Å². The maximum absolute atomic E-state index is 6.17. The molecule has 0 amide bonds. The van der Waals surface area contributed by atoms with Crippen LogP contribution in [0, 0.1) is 0 Å². The van der Waals surface area contributed by atoms with Gasteiger partial charge in [0.25, 0.3) is 0 Å². The summed E-state index contributed by atoms with van der Waals surface area (Å²) >= 11 is 0. The van der Waals surface area contributed by atoms with Gasteiger partial charge in [0.15, 0.2) is 5.82 Å². The highest BCUT2D eigenvalue weighted by Crippen LogP contribution is 2.61. The third-order valence-corrected chi connectivity index (χ3v) is 12.2. The zero-order valence-corrected chi connectivity index (χ0v) is 29.5. The average molecular weight is 700 g/mol. The summed E-state index contributed by atoms with van der Waals surface area (Å²) in [5.41, 5.74) is 15.1. The van der Waals surface area contributed by atoms with Crippen LogP contribution < -0.4 is 0 Å². The van der Waals surface area contributed by atoms with E-state index in [0.29, 0.717) is 0 Å². The van der Waals surface area contributed by atoms with Crippen molar-refractivity contribution in [2.75, 3.05) is 0 Å².